The van der Waals surface area contributed by atoms with Crippen molar-refractivity contribution in [2.45, 2.75) is 33.2 Å². The zero-order chi connectivity index (χ0) is 24.1. The van der Waals surface area contributed by atoms with Crippen molar-refractivity contribution in [1.29, 1.82) is 0 Å². The van der Waals surface area contributed by atoms with E-state index in [4.69, 9.17) is 4.74 Å². The first-order valence-corrected chi connectivity index (χ1v) is 11.5. The lowest BCUT2D eigenvalue weighted by Crippen LogP contribution is -2.35. The standard InChI is InChI=1S/C27H34N2O4/c1-6-19-7-9-20(10-8-19)24-23(26(31)27(32)29(24)16-15-28(4)5)25(30)21-11-13-22(14-12-21)33-17-18(2)3/h7-14,18,24,30H,6,15-17H2,1-5H3. The second kappa shape index (κ2) is 10.7. The normalized spacial score (nSPS) is 17.9. The van der Waals surface area contributed by atoms with Gasteiger partial charge in [0.2, 0.25) is 0 Å². The van der Waals surface area contributed by atoms with Crippen molar-refractivity contribution in [2.75, 3.05) is 33.8 Å². The fourth-order valence-corrected chi connectivity index (χ4v) is 3.83. The average Bonchev–Trinajstić information content (AvgIpc) is 3.06. The minimum Gasteiger partial charge on any atom is -0.507 e. The van der Waals surface area contributed by atoms with Crippen molar-refractivity contribution in [1.82, 2.24) is 9.80 Å². The molecule has 2 aromatic carbocycles. The van der Waals surface area contributed by atoms with Crippen molar-refractivity contribution < 1.29 is 19.4 Å². The molecule has 2 aromatic rings. The summed E-state index contributed by atoms with van der Waals surface area (Å²) in [7, 11) is 3.84. The third-order valence-corrected chi connectivity index (χ3v) is 5.74. The first-order chi connectivity index (χ1) is 15.7. The number of amides is 1. The van der Waals surface area contributed by atoms with Gasteiger partial charge in [0, 0.05) is 18.7 Å². The Morgan fingerprint density at radius 3 is 2.24 bits per heavy atom. The highest BCUT2D eigenvalue weighted by atomic mass is 16.5. The number of benzene rings is 2. The van der Waals surface area contributed by atoms with Crippen LogP contribution in [0.4, 0.5) is 0 Å². The number of hydrogen-bond acceptors (Lipinski definition) is 5. The molecule has 6 nitrogen and oxygen atoms in total. The quantitative estimate of drug-likeness (QED) is 0.351. The summed E-state index contributed by atoms with van der Waals surface area (Å²) in [5.74, 6) is -0.315. The molecule has 1 aliphatic heterocycles. The lowest BCUT2D eigenvalue weighted by atomic mass is 9.94. The van der Waals surface area contributed by atoms with Gasteiger partial charge in [-0.2, -0.15) is 0 Å². The number of carbonyl (C=O) groups is 2. The number of nitrogens with zero attached hydrogens (tertiary/aromatic N) is 2. The highest BCUT2D eigenvalue weighted by molar-refractivity contribution is 6.46. The van der Waals surface area contributed by atoms with E-state index in [1.807, 2.05) is 43.3 Å². The molecular weight excluding hydrogens is 416 g/mol. The molecule has 0 aromatic heterocycles. The number of aryl methyl sites for hydroxylation is 1. The topological polar surface area (TPSA) is 70.1 Å². The van der Waals surface area contributed by atoms with Crippen LogP contribution in [0.3, 0.4) is 0 Å². The molecule has 0 radical (unpaired) electrons. The Morgan fingerprint density at radius 2 is 1.70 bits per heavy atom. The lowest BCUT2D eigenvalue weighted by Gasteiger charge is -2.26. The maximum Gasteiger partial charge on any atom is 0.295 e. The third-order valence-electron chi connectivity index (χ3n) is 5.74. The first-order valence-electron chi connectivity index (χ1n) is 11.5. The van der Waals surface area contributed by atoms with Gasteiger partial charge < -0.3 is 19.6 Å². The molecule has 1 unspecified atom stereocenters. The number of likely N-dealkylation sites (tertiary alicyclic amines) is 1. The van der Waals surface area contributed by atoms with Gasteiger partial charge in [0.25, 0.3) is 11.7 Å². The van der Waals surface area contributed by atoms with Gasteiger partial charge in [0.1, 0.15) is 11.5 Å². The Labute approximate surface area is 196 Å². The van der Waals surface area contributed by atoms with Crippen LogP contribution in [0.1, 0.15) is 43.5 Å². The number of ketones is 1. The number of likely N-dealkylation sites (N-methyl/N-ethyl adjacent to an activating group) is 1. The summed E-state index contributed by atoms with van der Waals surface area (Å²) >= 11 is 0. The predicted octanol–water partition coefficient (Wildman–Crippen LogP) is 4.27. The largest absolute Gasteiger partial charge is 0.507 e. The SMILES string of the molecule is CCc1ccc(C2C(=C(O)c3ccc(OCC(C)C)cc3)C(=O)C(=O)N2CCN(C)C)cc1. The molecule has 1 aliphatic rings. The molecule has 1 heterocycles. The van der Waals surface area contributed by atoms with Crippen LogP contribution in [-0.2, 0) is 16.0 Å². The fourth-order valence-electron chi connectivity index (χ4n) is 3.83. The first kappa shape index (κ1) is 24.5. The van der Waals surface area contributed by atoms with Crippen LogP contribution in [0.2, 0.25) is 0 Å². The summed E-state index contributed by atoms with van der Waals surface area (Å²) in [5.41, 5.74) is 2.58. The van der Waals surface area contributed by atoms with Gasteiger partial charge in [-0.05, 0) is 61.8 Å². The molecule has 6 heteroatoms. The lowest BCUT2D eigenvalue weighted by molar-refractivity contribution is -0.140. The molecule has 0 saturated carbocycles. The van der Waals surface area contributed by atoms with Crippen LogP contribution in [-0.4, -0.2) is 60.4 Å². The Balaban J connectivity index is 2.02. The third kappa shape index (κ3) is 5.63. The zero-order valence-electron chi connectivity index (χ0n) is 20.2. The van der Waals surface area contributed by atoms with Gasteiger partial charge in [-0.3, -0.25) is 9.59 Å². The number of carbonyl (C=O) groups excluding carboxylic acids is 2. The summed E-state index contributed by atoms with van der Waals surface area (Å²) in [4.78, 5) is 29.6. The van der Waals surface area contributed by atoms with Crippen molar-refractivity contribution in [3.05, 3.63) is 70.8 Å². The Morgan fingerprint density at radius 1 is 1.06 bits per heavy atom. The maximum atomic E-state index is 13.1. The number of aliphatic hydroxyl groups is 1. The summed E-state index contributed by atoms with van der Waals surface area (Å²) < 4.78 is 5.72. The van der Waals surface area contributed by atoms with Gasteiger partial charge in [0.15, 0.2) is 0 Å². The van der Waals surface area contributed by atoms with Crippen molar-refractivity contribution >= 4 is 17.4 Å². The second-order valence-electron chi connectivity index (χ2n) is 9.12. The van der Waals surface area contributed by atoms with E-state index in [1.165, 1.54) is 5.56 Å². The number of hydrogen-bond donors (Lipinski definition) is 1. The molecule has 1 saturated heterocycles. The molecule has 1 atom stereocenters. The summed E-state index contributed by atoms with van der Waals surface area (Å²) in [6.07, 6.45) is 0.895. The van der Waals surface area contributed by atoms with E-state index in [-0.39, 0.29) is 11.3 Å². The molecule has 3 rings (SSSR count). The van der Waals surface area contributed by atoms with Crippen LogP contribution in [0.15, 0.2) is 54.1 Å². The second-order valence-corrected chi connectivity index (χ2v) is 9.12. The van der Waals surface area contributed by atoms with Crippen molar-refractivity contribution in [2.24, 2.45) is 5.92 Å². The Hall–Kier alpha value is -3.12. The predicted molar refractivity (Wildman–Crippen MR) is 130 cm³/mol. The molecule has 0 aliphatic carbocycles. The van der Waals surface area contributed by atoms with Gasteiger partial charge in [0.05, 0.1) is 18.2 Å². The van der Waals surface area contributed by atoms with Gasteiger partial charge in [-0.1, -0.05) is 45.0 Å². The maximum absolute atomic E-state index is 13.1. The van der Waals surface area contributed by atoms with Crippen molar-refractivity contribution in [3.8, 4) is 5.75 Å². The van der Waals surface area contributed by atoms with E-state index < -0.39 is 17.7 Å². The van der Waals surface area contributed by atoms with E-state index in [1.54, 1.807) is 29.2 Å². The van der Waals surface area contributed by atoms with E-state index in [2.05, 4.69) is 20.8 Å². The van der Waals surface area contributed by atoms with Crippen LogP contribution in [0, 0.1) is 5.92 Å². The number of rotatable bonds is 9. The molecule has 1 amide bonds. The molecule has 1 N–H and O–H groups in total. The Kier molecular flexibility index (Phi) is 7.92. The monoisotopic (exact) mass is 450 g/mol. The molecule has 0 bridgehead atoms. The molecule has 176 valence electrons. The Bertz CT molecular complexity index is 1010. The van der Waals surface area contributed by atoms with Crippen LogP contribution in [0.25, 0.3) is 5.76 Å². The fraction of sp³-hybridized carbons (Fsp3) is 0.407. The van der Waals surface area contributed by atoms with Gasteiger partial charge >= 0.3 is 0 Å². The van der Waals surface area contributed by atoms with Gasteiger partial charge in [-0.15, -0.1) is 0 Å². The summed E-state index contributed by atoms with van der Waals surface area (Å²) in [6, 6.07) is 14.2. The van der Waals surface area contributed by atoms with E-state index in [9.17, 15) is 14.7 Å². The van der Waals surface area contributed by atoms with E-state index in [0.717, 1.165) is 12.0 Å². The minimum absolute atomic E-state index is 0.124. The number of Topliss-reactive ketones (excluding diaryl/α,β-unsaturated/α-hetero) is 1. The average molecular weight is 451 g/mol. The molecular formula is C27H34N2O4. The van der Waals surface area contributed by atoms with Gasteiger partial charge in [-0.25, -0.2) is 0 Å². The van der Waals surface area contributed by atoms with Crippen LogP contribution < -0.4 is 4.74 Å². The number of aliphatic hydroxyl groups excluding tert-OH is 1. The highest BCUT2D eigenvalue weighted by Gasteiger charge is 2.45. The van der Waals surface area contributed by atoms with Crippen LogP contribution >= 0.6 is 0 Å². The van der Waals surface area contributed by atoms with Crippen LogP contribution in [0.5, 0.6) is 5.75 Å². The van der Waals surface area contributed by atoms with E-state index in [0.29, 0.717) is 36.9 Å². The molecule has 33 heavy (non-hydrogen) atoms. The molecule has 0 spiro atoms. The smallest absolute Gasteiger partial charge is 0.295 e. The number of ether oxygens (including phenoxy) is 1. The van der Waals surface area contributed by atoms with Crippen molar-refractivity contribution in [3.63, 3.8) is 0 Å². The summed E-state index contributed by atoms with van der Waals surface area (Å²) in [6.45, 7) is 7.81. The highest BCUT2D eigenvalue weighted by Crippen LogP contribution is 2.39. The summed E-state index contributed by atoms with van der Waals surface area (Å²) in [5, 5.41) is 11.2. The van der Waals surface area contributed by atoms with E-state index >= 15 is 0 Å². The molecule has 1 fully saturated rings. The zero-order valence-corrected chi connectivity index (χ0v) is 20.2. The minimum atomic E-state index is -0.657.